The molecule has 4 N–H and O–H groups in total. The summed E-state index contributed by atoms with van der Waals surface area (Å²) in [4.78, 5) is 10.9. The van der Waals surface area contributed by atoms with Crippen molar-refractivity contribution in [3.63, 3.8) is 0 Å². The Hall–Kier alpha value is -3.12. The van der Waals surface area contributed by atoms with Gasteiger partial charge in [-0.1, -0.05) is 23.7 Å². The van der Waals surface area contributed by atoms with E-state index in [0.29, 0.717) is 23.7 Å². The summed E-state index contributed by atoms with van der Waals surface area (Å²) >= 11 is 6.31. The molecule has 0 fully saturated rings. The number of benzene rings is 2. The molecule has 0 spiro atoms. The highest BCUT2D eigenvalue weighted by molar-refractivity contribution is 7.89. The number of anilines is 5. The number of aromatic nitrogens is 2. The van der Waals surface area contributed by atoms with Crippen molar-refractivity contribution in [1.82, 2.24) is 19.6 Å². The smallest absolute Gasteiger partial charge is 0.242 e. The van der Waals surface area contributed by atoms with Crippen molar-refractivity contribution in [3.8, 4) is 5.75 Å². The molecule has 10 nitrogen and oxygen atoms in total. The summed E-state index contributed by atoms with van der Waals surface area (Å²) in [6, 6.07) is 12.2. The van der Waals surface area contributed by atoms with Crippen LogP contribution in [-0.2, 0) is 10.0 Å². The molecule has 36 heavy (non-hydrogen) atoms. The number of hydrogen-bond donors (Lipinski definition) is 4. The van der Waals surface area contributed by atoms with E-state index in [1.165, 1.54) is 19.3 Å². The van der Waals surface area contributed by atoms with Gasteiger partial charge in [-0.3, -0.25) is 0 Å². The maximum absolute atomic E-state index is 12.4. The molecule has 1 heterocycles. The molecule has 0 aliphatic heterocycles. The van der Waals surface area contributed by atoms with E-state index in [2.05, 4.69) is 49.6 Å². The third kappa shape index (κ3) is 7.44. The molecule has 12 heteroatoms. The van der Waals surface area contributed by atoms with Crippen LogP contribution in [0.1, 0.15) is 13.3 Å². The summed E-state index contributed by atoms with van der Waals surface area (Å²) in [5.74, 6) is 1.17. The third-order valence-corrected chi connectivity index (χ3v) is 6.83. The van der Waals surface area contributed by atoms with Gasteiger partial charge in [-0.15, -0.1) is 0 Å². The van der Waals surface area contributed by atoms with Crippen LogP contribution in [0.2, 0.25) is 5.02 Å². The third-order valence-electron chi connectivity index (χ3n) is 5.08. The fourth-order valence-corrected chi connectivity index (χ4v) is 4.34. The van der Waals surface area contributed by atoms with E-state index in [1.54, 1.807) is 18.2 Å². The average molecular weight is 534 g/mol. The van der Waals surface area contributed by atoms with Gasteiger partial charge >= 0.3 is 0 Å². The minimum absolute atomic E-state index is 0.0731. The van der Waals surface area contributed by atoms with Gasteiger partial charge in [-0.05, 0) is 65.3 Å². The zero-order valence-electron chi connectivity index (χ0n) is 20.8. The Morgan fingerprint density at radius 1 is 1.08 bits per heavy atom. The van der Waals surface area contributed by atoms with E-state index >= 15 is 0 Å². The molecule has 0 aliphatic carbocycles. The second-order valence-corrected chi connectivity index (χ2v) is 10.3. The summed E-state index contributed by atoms with van der Waals surface area (Å²) in [7, 11) is 1.77. The fraction of sp³-hybridized carbons (Fsp3) is 0.333. The van der Waals surface area contributed by atoms with E-state index in [1.807, 2.05) is 25.1 Å². The number of halogens is 1. The van der Waals surface area contributed by atoms with Crippen LogP contribution in [0.3, 0.4) is 0 Å². The maximum Gasteiger partial charge on any atom is 0.242 e. The molecule has 1 aromatic heterocycles. The minimum atomic E-state index is -3.69. The highest BCUT2D eigenvalue weighted by atomic mass is 35.5. The summed E-state index contributed by atoms with van der Waals surface area (Å²) < 4.78 is 32.9. The first-order valence-electron chi connectivity index (χ1n) is 11.5. The zero-order valence-corrected chi connectivity index (χ0v) is 22.4. The lowest BCUT2D eigenvalue weighted by Crippen LogP contribution is -2.19. The van der Waals surface area contributed by atoms with E-state index in [-0.39, 0.29) is 21.7 Å². The number of hydrogen-bond acceptors (Lipinski definition) is 9. The number of nitrogens with zero attached hydrogens (tertiary/aromatic N) is 3. The first-order valence-corrected chi connectivity index (χ1v) is 13.3. The van der Waals surface area contributed by atoms with Crippen molar-refractivity contribution in [1.29, 1.82) is 0 Å². The van der Waals surface area contributed by atoms with Crippen molar-refractivity contribution in [2.45, 2.75) is 18.2 Å². The average Bonchev–Trinajstić information content (AvgIpc) is 2.85. The second kappa shape index (κ2) is 12.7. The first kappa shape index (κ1) is 27.5. The van der Waals surface area contributed by atoms with Crippen LogP contribution in [0.5, 0.6) is 5.75 Å². The Morgan fingerprint density at radius 3 is 2.58 bits per heavy atom. The van der Waals surface area contributed by atoms with Crippen LogP contribution in [0.4, 0.5) is 28.8 Å². The highest BCUT2D eigenvalue weighted by Crippen LogP contribution is 2.32. The Balaban J connectivity index is 1.81. The van der Waals surface area contributed by atoms with Gasteiger partial charge in [0.1, 0.15) is 15.7 Å². The number of para-hydroxylation sites is 1. The number of rotatable bonds is 13. The van der Waals surface area contributed by atoms with Gasteiger partial charge in [0, 0.05) is 18.3 Å². The SMILES string of the molecule is CCOc1cc(NCCCN(C)C)ccc1Nc1ncc(Cl)c(Nc2ccccc2S(=O)(=O)NC)n1. The van der Waals surface area contributed by atoms with Crippen molar-refractivity contribution in [2.75, 3.05) is 56.8 Å². The van der Waals surface area contributed by atoms with E-state index in [4.69, 9.17) is 16.3 Å². The molecule has 0 amide bonds. The summed E-state index contributed by atoms with van der Waals surface area (Å²) in [5, 5.41) is 9.82. The van der Waals surface area contributed by atoms with E-state index in [0.717, 1.165) is 25.2 Å². The molecular weight excluding hydrogens is 502 g/mol. The molecule has 0 bridgehead atoms. The lowest BCUT2D eigenvalue weighted by atomic mass is 10.2. The Morgan fingerprint density at radius 2 is 1.86 bits per heavy atom. The maximum atomic E-state index is 12.4. The molecule has 3 rings (SSSR count). The van der Waals surface area contributed by atoms with E-state index in [9.17, 15) is 8.42 Å². The molecule has 0 aliphatic rings. The molecule has 2 aromatic carbocycles. The van der Waals surface area contributed by atoms with Crippen LogP contribution in [0.15, 0.2) is 53.6 Å². The fourth-order valence-electron chi connectivity index (χ4n) is 3.32. The van der Waals surface area contributed by atoms with Crippen molar-refractivity contribution >= 4 is 50.5 Å². The summed E-state index contributed by atoms with van der Waals surface area (Å²) in [6.45, 7) is 4.25. The minimum Gasteiger partial charge on any atom is -0.492 e. The van der Waals surface area contributed by atoms with Crippen LogP contribution < -0.4 is 25.4 Å². The number of nitrogens with one attached hydrogen (secondary N) is 4. The van der Waals surface area contributed by atoms with Crippen LogP contribution in [0.25, 0.3) is 0 Å². The van der Waals surface area contributed by atoms with Gasteiger partial charge in [0.25, 0.3) is 0 Å². The quantitative estimate of drug-likeness (QED) is 0.238. The van der Waals surface area contributed by atoms with Crippen LogP contribution in [-0.4, -0.2) is 64.1 Å². The Labute approximate surface area is 217 Å². The first-order chi connectivity index (χ1) is 17.2. The molecule has 3 aromatic rings. The largest absolute Gasteiger partial charge is 0.492 e. The van der Waals surface area contributed by atoms with Gasteiger partial charge in [0.2, 0.25) is 16.0 Å². The molecule has 0 atom stereocenters. The highest BCUT2D eigenvalue weighted by Gasteiger charge is 2.18. The topological polar surface area (TPSA) is 121 Å². The molecule has 0 unspecified atom stereocenters. The van der Waals surface area contributed by atoms with Crippen molar-refractivity contribution in [3.05, 3.63) is 53.7 Å². The lowest BCUT2D eigenvalue weighted by Gasteiger charge is -2.16. The van der Waals surface area contributed by atoms with Gasteiger partial charge in [-0.2, -0.15) is 4.98 Å². The van der Waals surface area contributed by atoms with Gasteiger partial charge < -0.3 is 25.6 Å². The lowest BCUT2D eigenvalue weighted by molar-refractivity contribution is 0.342. The molecular formula is C24H32ClN7O3S. The Kier molecular flexibility index (Phi) is 9.71. The summed E-state index contributed by atoms with van der Waals surface area (Å²) in [6.07, 6.45) is 2.46. The number of sulfonamides is 1. The Bertz CT molecular complexity index is 1270. The van der Waals surface area contributed by atoms with Crippen molar-refractivity contribution < 1.29 is 13.2 Å². The van der Waals surface area contributed by atoms with Crippen molar-refractivity contribution in [2.24, 2.45) is 0 Å². The predicted molar refractivity (Wildman–Crippen MR) is 146 cm³/mol. The normalized spacial score (nSPS) is 11.4. The van der Waals surface area contributed by atoms with E-state index < -0.39 is 10.0 Å². The monoisotopic (exact) mass is 533 g/mol. The van der Waals surface area contributed by atoms with Gasteiger partial charge in [0.05, 0.1) is 24.2 Å². The van der Waals surface area contributed by atoms with Gasteiger partial charge in [-0.25, -0.2) is 18.1 Å². The molecule has 194 valence electrons. The second-order valence-electron chi connectivity index (χ2n) is 8.07. The van der Waals surface area contributed by atoms with Crippen LogP contribution in [0, 0.1) is 0 Å². The predicted octanol–water partition coefficient (Wildman–Crippen LogP) is 4.29. The molecule has 0 radical (unpaired) electrons. The standard InChI is InChI=1S/C24H32ClN7O3S/c1-5-35-21-15-17(27-13-8-14-32(3)4)11-12-19(21)30-24-28-16-18(25)23(31-24)29-20-9-6-7-10-22(20)36(33,34)26-2/h6-7,9-12,15-16,26-27H,5,8,13-14H2,1-4H3,(H2,28,29,30,31). The molecule has 0 saturated heterocycles. The zero-order chi connectivity index (χ0) is 26.1. The number of ether oxygens (including phenoxy) is 1. The van der Waals surface area contributed by atoms with Crippen LogP contribution >= 0.6 is 11.6 Å². The summed E-state index contributed by atoms with van der Waals surface area (Å²) in [5.41, 5.74) is 1.96. The molecule has 0 saturated carbocycles. The van der Waals surface area contributed by atoms with Gasteiger partial charge in [0.15, 0.2) is 5.82 Å².